The van der Waals surface area contributed by atoms with Gasteiger partial charge in [0.2, 0.25) is 0 Å². The first-order valence-corrected chi connectivity index (χ1v) is 6.24. The third-order valence-corrected chi connectivity index (χ3v) is 4.62. The highest BCUT2D eigenvalue weighted by atomic mass is 16.1. The lowest BCUT2D eigenvalue weighted by Crippen LogP contribution is -2.51. The minimum Gasteiger partial charge on any atom is -0.328 e. The third-order valence-electron chi connectivity index (χ3n) is 4.62. The summed E-state index contributed by atoms with van der Waals surface area (Å²) >= 11 is 0. The number of carbonyl (C=O) groups excluding carboxylic acids is 1. The number of nitrogens with zero attached hydrogens (tertiary/aromatic N) is 1. The van der Waals surface area contributed by atoms with Crippen LogP contribution in [0.3, 0.4) is 0 Å². The molecular weight excluding hydrogens is 212 g/mol. The second kappa shape index (κ2) is 3.68. The Kier molecular flexibility index (Phi) is 2.67. The molecule has 92 valence electrons. The topological polar surface area (TPSA) is 66.9 Å². The number of nitriles is 1. The van der Waals surface area contributed by atoms with Crippen molar-refractivity contribution in [2.24, 2.45) is 22.5 Å². The lowest BCUT2D eigenvalue weighted by molar-refractivity contribution is -0.131. The fraction of sp³-hybridized carbons (Fsp3) is 0.714. The molecule has 0 aromatic rings. The largest absolute Gasteiger partial charge is 0.328 e. The smallest absolute Gasteiger partial charge is 0.178 e. The molecule has 1 fully saturated rings. The van der Waals surface area contributed by atoms with Crippen LogP contribution in [-0.4, -0.2) is 11.8 Å². The van der Waals surface area contributed by atoms with Crippen molar-refractivity contribution in [3.63, 3.8) is 0 Å². The van der Waals surface area contributed by atoms with E-state index in [1.54, 1.807) is 0 Å². The van der Waals surface area contributed by atoms with Crippen molar-refractivity contribution in [3.8, 4) is 6.07 Å². The second-order valence-electron chi connectivity index (χ2n) is 6.32. The van der Waals surface area contributed by atoms with E-state index in [4.69, 9.17) is 11.0 Å². The summed E-state index contributed by atoms with van der Waals surface area (Å²) in [7, 11) is 0. The zero-order valence-electron chi connectivity index (χ0n) is 10.8. The van der Waals surface area contributed by atoms with Crippen molar-refractivity contribution in [1.82, 2.24) is 0 Å². The number of carbonyl (C=O) groups is 1. The molecule has 2 rings (SSSR count). The number of hydrogen-bond donors (Lipinski definition) is 1. The summed E-state index contributed by atoms with van der Waals surface area (Å²) in [4.78, 5) is 12.2. The maximum atomic E-state index is 12.2. The van der Waals surface area contributed by atoms with Gasteiger partial charge in [-0.2, -0.15) is 5.26 Å². The van der Waals surface area contributed by atoms with E-state index in [9.17, 15) is 4.79 Å². The van der Waals surface area contributed by atoms with E-state index >= 15 is 0 Å². The number of Topliss-reactive ketones (excluding diaryl/α,β-unsaturated/α-hetero) is 1. The van der Waals surface area contributed by atoms with Crippen molar-refractivity contribution in [3.05, 3.63) is 11.6 Å². The second-order valence-corrected chi connectivity index (χ2v) is 6.32. The van der Waals surface area contributed by atoms with Crippen molar-refractivity contribution in [2.45, 2.75) is 46.1 Å². The molecule has 0 radical (unpaired) electrons. The van der Waals surface area contributed by atoms with E-state index < -0.39 is 5.41 Å². The van der Waals surface area contributed by atoms with Gasteiger partial charge in [0, 0.05) is 11.5 Å². The maximum absolute atomic E-state index is 12.2. The summed E-state index contributed by atoms with van der Waals surface area (Å²) in [6.45, 7) is 6.08. The van der Waals surface area contributed by atoms with Gasteiger partial charge in [0.25, 0.3) is 0 Å². The normalized spacial score (nSPS) is 40.2. The maximum Gasteiger partial charge on any atom is 0.178 e. The highest BCUT2D eigenvalue weighted by Gasteiger charge is 2.52. The van der Waals surface area contributed by atoms with Crippen LogP contribution in [0.25, 0.3) is 0 Å². The molecule has 3 nitrogen and oxygen atoms in total. The molecule has 0 aliphatic heterocycles. The van der Waals surface area contributed by atoms with Gasteiger partial charge in [-0.25, -0.2) is 0 Å². The Balaban J connectivity index is 2.51. The lowest BCUT2D eigenvalue weighted by Gasteiger charge is -2.51. The molecule has 1 saturated carbocycles. The molecule has 3 atom stereocenters. The van der Waals surface area contributed by atoms with Crippen molar-refractivity contribution < 1.29 is 4.79 Å². The molecule has 0 aromatic heterocycles. The number of nitrogens with two attached hydrogens (primary N) is 1. The predicted molar refractivity (Wildman–Crippen MR) is 65.9 cm³/mol. The van der Waals surface area contributed by atoms with E-state index in [2.05, 4.69) is 13.0 Å². The Morgan fingerprint density at radius 2 is 2.06 bits per heavy atom. The van der Waals surface area contributed by atoms with Crippen LogP contribution in [0.2, 0.25) is 0 Å². The van der Waals surface area contributed by atoms with Gasteiger partial charge in [-0.05, 0) is 30.6 Å². The van der Waals surface area contributed by atoms with Gasteiger partial charge in [-0.15, -0.1) is 0 Å². The van der Waals surface area contributed by atoms with Gasteiger partial charge < -0.3 is 5.73 Å². The van der Waals surface area contributed by atoms with Crippen molar-refractivity contribution >= 4 is 5.78 Å². The van der Waals surface area contributed by atoms with Gasteiger partial charge >= 0.3 is 0 Å². The van der Waals surface area contributed by atoms with Gasteiger partial charge in [0.1, 0.15) is 6.07 Å². The molecule has 0 saturated heterocycles. The number of fused-ring (bicyclic) bond motifs is 1. The fourth-order valence-electron chi connectivity index (χ4n) is 3.85. The minimum atomic E-state index is -0.436. The van der Waals surface area contributed by atoms with Crippen LogP contribution < -0.4 is 5.73 Å². The Hall–Kier alpha value is -1.14. The van der Waals surface area contributed by atoms with Crippen LogP contribution in [0.15, 0.2) is 11.6 Å². The lowest BCUT2D eigenvalue weighted by atomic mass is 9.52. The summed E-state index contributed by atoms with van der Waals surface area (Å²) in [5.41, 5.74) is 5.83. The molecule has 2 aliphatic carbocycles. The first-order chi connectivity index (χ1) is 7.81. The minimum absolute atomic E-state index is 0.00190. The molecule has 2 N–H and O–H groups in total. The highest BCUT2D eigenvalue weighted by Crippen LogP contribution is 2.54. The monoisotopic (exact) mass is 232 g/mol. The zero-order valence-corrected chi connectivity index (χ0v) is 10.8. The summed E-state index contributed by atoms with van der Waals surface area (Å²) in [5.74, 6) is 0.303. The van der Waals surface area contributed by atoms with Crippen LogP contribution in [-0.2, 0) is 4.79 Å². The summed E-state index contributed by atoms with van der Waals surface area (Å²) in [5, 5.41) is 9.09. The number of allylic oxidation sites excluding steroid dienone is 2. The van der Waals surface area contributed by atoms with Crippen LogP contribution in [0.4, 0.5) is 0 Å². The summed E-state index contributed by atoms with van der Waals surface area (Å²) in [6, 6.07) is 2.24. The Bertz CT molecular complexity index is 430. The van der Waals surface area contributed by atoms with Crippen LogP contribution in [0, 0.1) is 28.1 Å². The first-order valence-electron chi connectivity index (χ1n) is 6.24. The molecule has 0 spiro atoms. The average Bonchev–Trinajstić information content (AvgIpc) is 2.23. The third kappa shape index (κ3) is 1.71. The molecule has 0 amide bonds. The highest BCUT2D eigenvalue weighted by molar-refractivity contribution is 6.04. The predicted octanol–water partition coefficient (Wildman–Crippen LogP) is 2.18. The standard InChI is InChI=1S/C14H20N2O/c1-13(2)11-5-4-10(16)7-14(11,3)6-9(8-15)12(13)17/h6,10-11H,4-5,7,16H2,1-3H3. The average molecular weight is 232 g/mol. The molecule has 0 heterocycles. The van der Waals surface area contributed by atoms with Crippen LogP contribution in [0.1, 0.15) is 40.0 Å². The molecule has 2 aliphatic rings. The number of rotatable bonds is 0. The molecular formula is C14H20N2O. The molecule has 3 unspecified atom stereocenters. The number of hydrogen-bond acceptors (Lipinski definition) is 3. The van der Waals surface area contributed by atoms with Crippen molar-refractivity contribution in [2.75, 3.05) is 0 Å². The van der Waals surface area contributed by atoms with E-state index in [0.717, 1.165) is 19.3 Å². The Morgan fingerprint density at radius 3 is 2.65 bits per heavy atom. The molecule has 0 aromatic carbocycles. The van der Waals surface area contributed by atoms with E-state index in [1.807, 2.05) is 19.9 Å². The van der Waals surface area contributed by atoms with Crippen molar-refractivity contribution in [1.29, 1.82) is 5.26 Å². The Labute approximate surface area is 103 Å². The molecule has 17 heavy (non-hydrogen) atoms. The molecule has 0 bridgehead atoms. The first kappa shape index (κ1) is 12.3. The van der Waals surface area contributed by atoms with Crippen LogP contribution in [0.5, 0.6) is 0 Å². The van der Waals surface area contributed by atoms with Gasteiger partial charge in [0.15, 0.2) is 5.78 Å². The zero-order chi connectivity index (χ0) is 12.8. The van der Waals surface area contributed by atoms with Gasteiger partial charge in [0.05, 0.1) is 5.57 Å². The summed E-state index contributed by atoms with van der Waals surface area (Å²) < 4.78 is 0. The van der Waals surface area contributed by atoms with E-state index in [-0.39, 0.29) is 17.2 Å². The fourth-order valence-corrected chi connectivity index (χ4v) is 3.85. The Morgan fingerprint density at radius 1 is 1.41 bits per heavy atom. The van der Waals surface area contributed by atoms with E-state index in [1.165, 1.54) is 0 Å². The van der Waals surface area contributed by atoms with Gasteiger partial charge in [-0.1, -0.05) is 26.8 Å². The van der Waals surface area contributed by atoms with E-state index in [0.29, 0.717) is 11.5 Å². The van der Waals surface area contributed by atoms with Crippen LogP contribution >= 0.6 is 0 Å². The quantitative estimate of drug-likeness (QED) is 0.696. The number of ketones is 1. The molecule has 3 heteroatoms. The van der Waals surface area contributed by atoms with Gasteiger partial charge in [-0.3, -0.25) is 4.79 Å². The SMILES string of the molecule is CC12C=C(C#N)C(=O)C(C)(C)C1CCC(N)C2. The summed E-state index contributed by atoms with van der Waals surface area (Å²) in [6.07, 6.45) is 4.71.